The van der Waals surface area contributed by atoms with Gasteiger partial charge in [-0.15, -0.1) is 0 Å². The van der Waals surface area contributed by atoms with Crippen LogP contribution in [-0.2, 0) is 11.2 Å². The standard InChI is InChI=1S/C22H27N3O3/c26-22(7-4-14-23-20-8-10-21(11-9-20)25(27)28)24-15-12-19(13-16-24)17-18-5-2-1-3-6-18/h1-3,5-6,8-11,19,23H,4,7,12-17H2. The number of piperidine rings is 1. The van der Waals surface area contributed by atoms with Crippen LogP contribution in [0.5, 0.6) is 0 Å². The van der Waals surface area contributed by atoms with E-state index in [0.29, 0.717) is 18.9 Å². The van der Waals surface area contributed by atoms with Crippen molar-refractivity contribution in [2.45, 2.75) is 32.1 Å². The van der Waals surface area contributed by atoms with Crippen LogP contribution in [0, 0.1) is 16.0 Å². The first kappa shape index (κ1) is 19.9. The highest BCUT2D eigenvalue weighted by Gasteiger charge is 2.22. The number of hydrogen-bond acceptors (Lipinski definition) is 4. The number of carbonyl (C=O) groups is 1. The summed E-state index contributed by atoms with van der Waals surface area (Å²) in [5, 5.41) is 13.9. The third kappa shape index (κ3) is 5.81. The first-order valence-electron chi connectivity index (χ1n) is 9.92. The Morgan fingerprint density at radius 2 is 1.75 bits per heavy atom. The van der Waals surface area contributed by atoms with E-state index in [1.807, 2.05) is 11.0 Å². The molecular formula is C22H27N3O3. The van der Waals surface area contributed by atoms with Gasteiger partial charge in [-0.2, -0.15) is 0 Å². The van der Waals surface area contributed by atoms with Crippen molar-refractivity contribution in [2.75, 3.05) is 25.0 Å². The normalized spacial score (nSPS) is 14.6. The number of hydrogen-bond donors (Lipinski definition) is 1. The van der Waals surface area contributed by atoms with Gasteiger partial charge < -0.3 is 10.2 Å². The van der Waals surface area contributed by atoms with Crippen molar-refractivity contribution < 1.29 is 9.72 Å². The SMILES string of the molecule is O=C(CCCNc1ccc([N+](=O)[O-])cc1)N1CCC(Cc2ccccc2)CC1. The van der Waals surface area contributed by atoms with Crippen LogP contribution in [0.1, 0.15) is 31.2 Å². The Morgan fingerprint density at radius 1 is 1.07 bits per heavy atom. The number of likely N-dealkylation sites (tertiary alicyclic amines) is 1. The highest BCUT2D eigenvalue weighted by atomic mass is 16.6. The topological polar surface area (TPSA) is 75.5 Å². The Bertz CT molecular complexity index is 769. The molecule has 6 heteroatoms. The highest BCUT2D eigenvalue weighted by Crippen LogP contribution is 2.22. The molecule has 1 amide bonds. The van der Waals surface area contributed by atoms with Crippen molar-refractivity contribution in [1.29, 1.82) is 0 Å². The summed E-state index contributed by atoms with van der Waals surface area (Å²) in [6, 6.07) is 16.9. The lowest BCUT2D eigenvalue weighted by Gasteiger charge is -2.32. The Balaban J connectivity index is 1.33. The third-order valence-electron chi connectivity index (χ3n) is 5.31. The molecule has 0 aliphatic carbocycles. The Morgan fingerprint density at radius 3 is 2.39 bits per heavy atom. The zero-order valence-corrected chi connectivity index (χ0v) is 16.0. The largest absolute Gasteiger partial charge is 0.385 e. The fourth-order valence-corrected chi connectivity index (χ4v) is 3.67. The van der Waals surface area contributed by atoms with Crippen LogP contribution in [0.25, 0.3) is 0 Å². The molecule has 2 aromatic rings. The van der Waals surface area contributed by atoms with Gasteiger partial charge in [-0.1, -0.05) is 30.3 Å². The average Bonchev–Trinajstić information content (AvgIpc) is 2.72. The zero-order chi connectivity index (χ0) is 19.8. The predicted molar refractivity (Wildman–Crippen MR) is 110 cm³/mol. The number of anilines is 1. The monoisotopic (exact) mass is 381 g/mol. The van der Waals surface area contributed by atoms with Crippen LogP contribution in [0.15, 0.2) is 54.6 Å². The van der Waals surface area contributed by atoms with E-state index >= 15 is 0 Å². The number of benzene rings is 2. The molecule has 0 aromatic heterocycles. The van der Waals surface area contributed by atoms with Gasteiger partial charge in [0, 0.05) is 43.9 Å². The van der Waals surface area contributed by atoms with Crippen molar-refractivity contribution in [3.05, 3.63) is 70.3 Å². The Labute approximate surface area is 165 Å². The predicted octanol–water partition coefficient (Wildman–Crippen LogP) is 4.27. The van der Waals surface area contributed by atoms with Crippen LogP contribution in [0.2, 0.25) is 0 Å². The molecule has 2 aromatic carbocycles. The number of non-ortho nitro benzene ring substituents is 1. The summed E-state index contributed by atoms with van der Waals surface area (Å²) in [4.78, 5) is 24.7. The molecule has 0 unspecified atom stereocenters. The second-order valence-corrected chi connectivity index (χ2v) is 7.35. The number of nitrogens with one attached hydrogen (secondary N) is 1. The molecule has 6 nitrogen and oxygen atoms in total. The molecule has 1 aliphatic rings. The molecule has 3 rings (SSSR count). The molecule has 1 saturated heterocycles. The molecular weight excluding hydrogens is 354 g/mol. The highest BCUT2D eigenvalue weighted by molar-refractivity contribution is 5.76. The molecule has 1 heterocycles. The van der Waals surface area contributed by atoms with E-state index in [1.54, 1.807) is 12.1 Å². The number of carbonyl (C=O) groups excluding carboxylic acids is 1. The summed E-state index contributed by atoms with van der Waals surface area (Å²) >= 11 is 0. The van der Waals surface area contributed by atoms with E-state index in [4.69, 9.17) is 0 Å². The van der Waals surface area contributed by atoms with Crippen molar-refractivity contribution in [2.24, 2.45) is 5.92 Å². The molecule has 0 atom stereocenters. The maximum Gasteiger partial charge on any atom is 0.269 e. The zero-order valence-electron chi connectivity index (χ0n) is 16.0. The van der Waals surface area contributed by atoms with Gasteiger partial charge in [-0.25, -0.2) is 0 Å². The number of rotatable bonds is 8. The van der Waals surface area contributed by atoms with Gasteiger partial charge in [0.2, 0.25) is 5.91 Å². The maximum absolute atomic E-state index is 12.4. The number of nitrogens with zero attached hydrogens (tertiary/aromatic N) is 2. The Kier molecular flexibility index (Phi) is 7.00. The van der Waals surface area contributed by atoms with Crippen LogP contribution in [0.4, 0.5) is 11.4 Å². The summed E-state index contributed by atoms with van der Waals surface area (Å²) < 4.78 is 0. The number of amides is 1. The van der Waals surface area contributed by atoms with Gasteiger partial charge in [-0.05, 0) is 49.3 Å². The summed E-state index contributed by atoms with van der Waals surface area (Å²) in [5.41, 5.74) is 2.29. The molecule has 0 spiro atoms. The average molecular weight is 381 g/mol. The van der Waals surface area contributed by atoms with Gasteiger partial charge in [0.1, 0.15) is 0 Å². The van der Waals surface area contributed by atoms with E-state index < -0.39 is 4.92 Å². The summed E-state index contributed by atoms with van der Waals surface area (Å²) in [7, 11) is 0. The van der Waals surface area contributed by atoms with Gasteiger partial charge in [0.15, 0.2) is 0 Å². The van der Waals surface area contributed by atoms with Gasteiger partial charge in [0.25, 0.3) is 5.69 Å². The minimum atomic E-state index is -0.411. The van der Waals surface area contributed by atoms with E-state index in [-0.39, 0.29) is 11.6 Å². The van der Waals surface area contributed by atoms with Crippen LogP contribution in [0.3, 0.4) is 0 Å². The molecule has 0 saturated carbocycles. The van der Waals surface area contributed by atoms with Gasteiger partial charge in [0.05, 0.1) is 4.92 Å². The first-order chi connectivity index (χ1) is 13.6. The lowest BCUT2D eigenvalue weighted by molar-refractivity contribution is -0.384. The molecule has 28 heavy (non-hydrogen) atoms. The molecule has 0 radical (unpaired) electrons. The van der Waals surface area contributed by atoms with Crippen molar-refractivity contribution in [1.82, 2.24) is 4.90 Å². The molecule has 1 N–H and O–H groups in total. The van der Waals surface area contributed by atoms with Crippen LogP contribution >= 0.6 is 0 Å². The van der Waals surface area contributed by atoms with Crippen molar-refractivity contribution in [3.8, 4) is 0 Å². The second-order valence-electron chi connectivity index (χ2n) is 7.35. The second kappa shape index (κ2) is 9.88. The van der Waals surface area contributed by atoms with Gasteiger partial charge >= 0.3 is 0 Å². The lowest BCUT2D eigenvalue weighted by Crippen LogP contribution is -2.38. The minimum Gasteiger partial charge on any atom is -0.385 e. The number of nitro benzene ring substituents is 1. The van der Waals surface area contributed by atoms with Crippen molar-refractivity contribution in [3.63, 3.8) is 0 Å². The van der Waals surface area contributed by atoms with Crippen molar-refractivity contribution >= 4 is 17.3 Å². The molecule has 148 valence electrons. The van der Waals surface area contributed by atoms with Crippen LogP contribution < -0.4 is 5.32 Å². The summed E-state index contributed by atoms with van der Waals surface area (Å²) in [6.45, 7) is 2.38. The van der Waals surface area contributed by atoms with Gasteiger partial charge in [-0.3, -0.25) is 14.9 Å². The lowest BCUT2D eigenvalue weighted by atomic mass is 9.90. The van der Waals surface area contributed by atoms with Crippen LogP contribution in [-0.4, -0.2) is 35.4 Å². The fourth-order valence-electron chi connectivity index (χ4n) is 3.67. The van der Waals surface area contributed by atoms with E-state index in [1.165, 1.54) is 17.7 Å². The maximum atomic E-state index is 12.4. The third-order valence-corrected chi connectivity index (χ3v) is 5.31. The quantitative estimate of drug-likeness (QED) is 0.421. The smallest absolute Gasteiger partial charge is 0.269 e. The number of nitro groups is 1. The fraction of sp³-hybridized carbons (Fsp3) is 0.409. The molecule has 1 aliphatic heterocycles. The summed E-state index contributed by atoms with van der Waals surface area (Å²) in [6.07, 6.45) is 4.52. The first-order valence-corrected chi connectivity index (χ1v) is 9.92. The Hall–Kier alpha value is -2.89. The summed E-state index contributed by atoms with van der Waals surface area (Å²) in [5.74, 6) is 0.888. The molecule has 1 fully saturated rings. The van der Waals surface area contributed by atoms with E-state index in [9.17, 15) is 14.9 Å². The van der Waals surface area contributed by atoms with E-state index in [0.717, 1.165) is 44.5 Å². The minimum absolute atomic E-state index is 0.0800. The van der Waals surface area contributed by atoms with E-state index in [2.05, 4.69) is 29.6 Å². The molecule has 0 bridgehead atoms.